The lowest BCUT2D eigenvalue weighted by Gasteiger charge is -2.39. The molecular weight excluding hydrogens is 324 g/mol. The molecule has 2 aromatic carbocycles. The van der Waals surface area contributed by atoms with Gasteiger partial charge in [0, 0.05) is 18.7 Å². The molecule has 1 saturated heterocycles. The van der Waals surface area contributed by atoms with E-state index in [0.29, 0.717) is 30.0 Å². The second kappa shape index (κ2) is 6.37. The van der Waals surface area contributed by atoms with Crippen molar-refractivity contribution in [2.45, 2.75) is 19.1 Å². The molecule has 128 valence electrons. The molecule has 1 aliphatic heterocycles. The van der Waals surface area contributed by atoms with Crippen LogP contribution >= 0.6 is 0 Å². The van der Waals surface area contributed by atoms with E-state index in [9.17, 15) is 8.78 Å². The first-order chi connectivity index (χ1) is 12.1. The van der Waals surface area contributed by atoms with E-state index in [0.717, 1.165) is 17.7 Å². The Labute approximate surface area is 144 Å². The molecule has 4 rings (SSSR count). The summed E-state index contributed by atoms with van der Waals surface area (Å²) in [6.07, 6.45) is 1.65. The Morgan fingerprint density at radius 3 is 2.56 bits per heavy atom. The van der Waals surface area contributed by atoms with Crippen molar-refractivity contribution in [2.75, 3.05) is 18.1 Å². The number of anilines is 1. The molecule has 25 heavy (non-hydrogen) atoms. The average Bonchev–Trinajstić information content (AvgIpc) is 2.63. The minimum Gasteiger partial charge on any atom is -0.374 e. The van der Waals surface area contributed by atoms with Gasteiger partial charge in [0.2, 0.25) is 0 Å². The third-order valence-corrected chi connectivity index (χ3v) is 4.42. The highest BCUT2D eigenvalue weighted by atomic mass is 19.2. The van der Waals surface area contributed by atoms with Crippen LogP contribution in [0.15, 0.2) is 48.7 Å². The monoisotopic (exact) mass is 341 g/mol. The van der Waals surface area contributed by atoms with Crippen LogP contribution in [0.25, 0.3) is 11.0 Å². The van der Waals surface area contributed by atoms with Gasteiger partial charge >= 0.3 is 0 Å². The van der Waals surface area contributed by atoms with Gasteiger partial charge in [-0.05, 0) is 12.5 Å². The van der Waals surface area contributed by atoms with Crippen LogP contribution in [0.2, 0.25) is 0 Å². The van der Waals surface area contributed by atoms with Gasteiger partial charge in [0.05, 0.1) is 36.0 Å². The Bertz CT molecular complexity index is 904. The van der Waals surface area contributed by atoms with Crippen molar-refractivity contribution >= 4 is 16.9 Å². The van der Waals surface area contributed by atoms with Crippen molar-refractivity contribution in [3.8, 4) is 0 Å². The van der Waals surface area contributed by atoms with Crippen LogP contribution in [0.5, 0.6) is 0 Å². The zero-order chi connectivity index (χ0) is 17.4. The molecule has 3 aromatic rings. The summed E-state index contributed by atoms with van der Waals surface area (Å²) < 4.78 is 32.7. The number of hydrogen-bond acceptors (Lipinski definition) is 4. The van der Waals surface area contributed by atoms with Gasteiger partial charge in [-0.3, -0.25) is 4.98 Å². The van der Waals surface area contributed by atoms with Gasteiger partial charge in [-0.1, -0.05) is 30.3 Å². The Morgan fingerprint density at radius 1 is 1.08 bits per heavy atom. The van der Waals surface area contributed by atoms with Gasteiger partial charge in [-0.25, -0.2) is 13.8 Å². The van der Waals surface area contributed by atoms with Crippen molar-refractivity contribution in [2.24, 2.45) is 0 Å². The molecule has 0 amide bonds. The zero-order valence-corrected chi connectivity index (χ0v) is 13.7. The molecule has 6 heteroatoms. The fourth-order valence-electron chi connectivity index (χ4n) is 3.14. The number of nitrogens with zero attached hydrogens (tertiary/aromatic N) is 3. The minimum absolute atomic E-state index is 0.00514. The smallest absolute Gasteiger partial charge is 0.161 e. The van der Waals surface area contributed by atoms with E-state index in [1.54, 1.807) is 6.20 Å². The summed E-state index contributed by atoms with van der Waals surface area (Å²) in [6.45, 7) is 3.17. The predicted octanol–water partition coefficient (Wildman–Crippen LogP) is 3.87. The van der Waals surface area contributed by atoms with Crippen molar-refractivity contribution in [1.82, 2.24) is 9.97 Å². The van der Waals surface area contributed by atoms with Crippen LogP contribution in [-0.2, 0) is 4.74 Å². The van der Waals surface area contributed by atoms with E-state index >= 15 is 0 Å². The number of fused-ring (bicyclic) bond motifs is 1. The third-order valence-electron chi connectivity index (χ3n) is 4.42. The maximum atomic E-state index is 13.5. The maximum Gasteiger partial charge on any atom is 0.161 e. The summed E-state index contributed by atoms with van der Waals surface area (Å²) in [4.78, 5) is 10.9. The fraction of sp³-hybridized carbons (Fsp3) is 0.263. The van der Waals surface area contributed by atoms with Crippen LogP contribution < -0.4 is 4.90 Å². The fourth-order valence-corrected chi connectivity index (χ4v) is 3.14. The summed E-state index contributed by atoms with van der Waals surface area (Å²) >= 11 is 0. The van der Waals surface area contributed by atoms with Gasteiger partial charge in [0.1, 0.15) is 5.82 Å². The topological polar surface area (TPSA) is 38.2 Å². The standard InChI is InChI=1S/C19H17F2N3O/c1-12-10-24(18(11-25-12)13-5-3-2-4-6-13)19-9-22-16-7-14(20)15(21)8-17(16)23-19/h2-9,12,18H,10-11H2,1H3/t12-,18-/m0/s1. The molecule has 0 saturated carbocycles. The molecule has 0 unspecified atom stereocenters. The van der Waals surface area contributed by atoms with Crippen LogP contribution in [0.3, 0.4) is 0 Å². The lowest BCUT2D eigenvalue weighted by Crippen LogP contribution is -2.44. The highest BCUT2D eigenvalue weighted by molar-refractivity contribution is 5.75. The van der Waals surface area contributed by atoms with Crippen LogP contribution in [0.4, 0.5) is 14.6 Å². The van der Waals surface area contributed by atoms with E-state index in [2.05, 4.69) is 14.9 Å². The highest BCUT2D eigenvalue weighted by Crippen LogP contribution is 2.31. The lowest BCUT2D eigenvalue weighted by atomic mass is 10.0. The Balaban J connectivity index is 1.76. The van der Waals surface area contributed by atoms with Crippen molar-refractivity contribution in [3.05, 3.63) is 65.9 Å². The van der Waals surface area contributed by atoms with Crippen LogP contribution in [-0.4, -0.2) is 29.2 Å². The highest BCUT2D eigenvalue weighted by Gasteiger charge is 2.29. The van der Waals surface area contributed by atoms with Gasteiger partial charge < -0.3 is 9.64 Å². The largest absolute Gasteiger partial charge is 0.374 e. The molecule has 1 aliphatic rings. The van der Waals surface area contributed by atoms with Gasteiger partial charge in [-0.15, -0.1) is 0 Å². The van der Waals surface area contributed by atoms with Gasteiger partial charge in [0.25, 0.3) is 0 Å². The Hall–Kier alpha value is -2.60. The third kappa shape index (κ3) is 3.05. The molecule has 2 atom stereocenters. The molecule has 2 heterocycles. The summed E-state index contributed by atoms with van der Waals surface area (Å²) in [7, 11) is 0. The Morgan fingerprint density at radius 2 is 1.80 bits per heavy atom. The first-order valence-corrected chi connectivity index (χ1v) is 8.17. The van der Waals surface area contributed by atoms with E-state index in [4.69, 9.17) is 4.74 Å². The van der Waals surface area contributed by atoms with Crippen LogP contribution in [0, 0.1) is 11.6 Å². The van der Waals surface area contributed by atoms with E-state index in [-0.39, 0.29) is 12.1 Å². The van der Waals surface area contributed by atoms with Crippen LogP contribution in [0.1, 0.15) is 18.5 Å². The minimum atomic E-state index is -0.922. The predicted molar refractivity (Wildman–Crippen MR) is 91.4 cm³/mol. The first-order valence-electron chi connectivity index (χ1n) is 8.17. The molecule has 1 fully saturated rings. The maximum absolute atomic E-state index is 13.5. The number of benzene rings is 2. The summed E-state index contributed by atoms with van der Waals surface area (Å²) in [5.41, 5.74) is 1.78. The second-order valence-electron chi connectivity index (χ2n) is 6.21. The SMILES string of the molecule is C[C@H]1CN(c2cnc3cc(F)c(F)cc3n2)[C@H](c2ccccc2)CO1. The quantitative estimate of drug-likeness (QED) is 0.709. The number of ether oxygens (including phenoxy) is 1. The zero-order valence-electron chi connectivity index (χ0n) is 13.7. The molecule has 0 spiro atoms. The van der Waals surface area contributed by atoms with Crippen molar-refractivity contribution in [1.29, 1.82) is 0 Å². The number of rotatable bonds is 2. The lowest BCUT2D eigenvalue weighted by molar-refractivity contribution is 0.0300. The first kappa shape index (κ1) is 15.9. The van der Waals surface area contributed by atoms with Gasteiger partial charge in [0.15, 0.2) is 11.6 Å². The van der Waals surface area contributed by atoms with Gasteiger partial charge in [-0.2, -0.15) is 0 Å². The summed E-state index contributed by atoms with van der Waals surface area (Å²) in [5.74, 6) is -1.21. The van der Waals surface area contributed by atoms with E-state index in [1.807, 2.05) is 37.3 Å². The molecule has 0 aliphatic carbocycles. The normalized spacial score (nSPS) is 20.8. The molecule has 0 bridgehead atoms. The molecule has 1 aromatic heterocycles. The molecule has 0 radical (unpaired) electrons. The van der Waals surface area contributed by atoms with E-state index in [1.165, 1.54) is 0 Å². The number of morpholine rings is 1. The number of halogens is 2. The number of aromatic nitrogens is 2. The number of hydrogen-bond donors (Lipinski definition) is 0. The summed E-state index contributed by atoms with van der Waals surface area (Å²) in [5, 5.41) is 0. The molecule has 4 nitrogen and oxygen atoms in total. The van der Waals surface area contributed by atoms with E-state index < -0.39 is 11.6 Å². The average molecular weight is 341 g/mol. The molecular formula is C19H17F2N3O. The van der Waals surface area contributed by atoms with Crippen molar-refractivity contribution in [3.63, 3.8) is 0 Å². The second-order valence-corrected chi connectivity index (χ2v) is 6.21. The van der Waals surface area contributed by atoms with Crippen molar-refractivity contribution < 1.29 is 13.5 Å². The Kier molecular flexibility index (Phi) is 4.05. The molecule has 0 N–H and O–H groups in total. The summed E-state index contributed by atoms with van der Waals surface area (Å²) in [6, 6.07) is 12.2.